The molecule has 0 aromatic rings. The maximum absolute atomic E-state index is 11.0. The van der Waals surface area contributed by atoms with Gasteiger partial charge in [0, 0.05) is 0 Å². The van der Waals surface area contributed by atoms with Crippen LogP contribution >= 0.6 is 7.51 Å². The fourth-order valence-electron chi connectivity index (χ4n) is 1.45. The number of esters is 1. The number of hydrogen-bond donors (Lipinski definition) is 0. The molecule has 6 nitrogen and oxygen atoms in total. The summed E-state index contributed by atoms with van der Waals surface area (Å²) in [5, 5.41) is 0. The van der Waals surface area contributed by atoms with Crippen molar-refractivity contribution in [2.24, 2.45) is 0 Å². The van der Waals surface area contributed by atoms with Gasteiger partial charge >= 0.3 is 86.5 Å². The molecule has 0 bridgehead atoms. The van der Waals surface area contributed by atoms with E-state index in [1.165, 1.54) is 19.0 Å². The van der Waals surface area contributed by atoms with Gasteiger partial charge in [0.1, 0.15) is 0 Å². The van der Waals surface area contributed by atoms with Gasteiger partial charge in [0.25, 0.3) is 0 Å². The van der Waals surface area contributed by atoms with Crippen LogP contribution in [0.4, 0.5) is 0 Å². The van der Waals surface area contributed by atoms with Gasteiger partial charge in [0.05, 0.1) is 0 Å². The number of ether oxygens (including phenoxy) is 1. The van der Waals surface area contributed by atoms with Crippen molar-refractivity contribution in [1.82, 2.24) is 0 Å². The fraction of sp³-hybridized carbons (Fsp3) is 0.625. The molecule has 0 radical (unpaired) electrons. The van der Waals surface area contributed by atoms with E-state index in [2.05, 4.69) is 4.74 Å². The molecule has 0 unspecified atom stereocenters. The van der Waals surface area contributed by atoms with Gasteiger partial charge in [-0.25, -0.2) is 0 Å². The Bertz CT molecular complexity index is 266. The standard InChI is InChI=1S/C8H13O6P/c1-10-8(9)2-7-15(11-3-4-12-15)13-5-6-14-15/h2,7H,3-6H2,1H3/b7-2-. The van der Waals surface area contributed by atoms with Crippen molar-refractivity contribution in [1.29, 1.82) is 0 Å². The van der Waals surface area contributed by atoms with Gasteiger partial charge in [-0.05, 0) is 0 Å². The van der Waals surface area contributed by atoms with Crippen molar-refractivity contribution in [3.63, 3.8) is 0 Å². The van der Waals surface area contributed by atoms with Crippen LogP contribution in [0, 0.1) is 0 Å². The number of carbonyl (C=O) groups excluding carboxylic acids is 1. The van der Waals surface area contributed by atoms with E-state index in [9.17, 15) is 4.79 Å². The van der Waals surface area contributed by atoms with Crippen LogP contribution in [0.3, 0.4) is 0 Å². The minimum absolute atomic E-state index is 0.406. The van der Waals surface area contributed by atoms with Crippen LogP contribution in [0.25, 0.3) is 0 Å². The Kier molecular flexibility index (Phi) is 2.79. The van der Waals surface area contributed by atoms with Gasteiger partial charge in [-0.3, -0.25) is 0 Å². The van der Waals surface area contributed by atoms with E-state index < -0.39 is 13.5 Å². The molecule has 2 heterocycles. The molecule has 2 rings (SSSR count). The van der Waals surface area contributed by atoms with Crippen LogP contribution in [-0.2, 0) is 27.6 Å². The third-order valence-electron chi connectivity index (χ3n) is 2.12. The second kappa shape index (κ2) is 3.81. The zero-order valence-corrected chi connectivity index (χ0v) is 9.27. The molecule has 0 amide bonds. The second-order valence-electron chi connectivity index (χ2n) is 3.04. The molecule has 0 aliphatic carbocycles. The first-order valence-electron chi connectivity index (χ1n) is 4.58. The molecule has 15 heavy (non-hydrogen) atoms. The van der Waals surface area contributed by atoms with Crippen LogP contribution < -0.4 is 0 Å². The molecule has 7 heteroatoms. The topological polar surface area (TPSA) is 63.2 Å². The molecular weight excluding hydrogens is 223 g/mol. The van der Waals surface area contributed by atoms with Crippen LogP contribution in [-0.4, -0.2) is 39.5 Å². The third kappa shape index (κ3) is 1.91. The first-order valence-corrected chi connectivity index (χ1v) is 6.56. The summed E-state index contributed by atoms with van der Waals surface area (Å²) >= 11 is 0. The summed E-state index contributed by atoms with van der Waals surface area (Å²) in [6, 6.07) is 0. The summed E-state index contributed by atoms with van der Waals surface area (Å²) < 4.78 is 26.3. The Labute approximate surface area is 87.3 Å². The van der Waals surface area contributed by atoms with Crippen LogP contribution in [0.5, 0.6) is 0 Å². The van der Waals surface area contributed by atoms with Gasteiger partial charge in [-0.1, -0.05) is 0 Å². The summed E-state index contributed by atoms with van der Waals surface area (Å²) in [6.45, 7) is 1.62. The van der Waals surface area contributed by atoms with E-state index in [1.54, 1.807) is 0 Å². The first-order chi connectivity index (χ1) is 7.18. The summed E-state index contributed by atoms with van der Waals surface area (Å²) in [7, 11) is -2.25. The number of hydrogen-bond acceptors (Lipinski definition) is 6. The Morgan fingerprint density at radius 2 is 1.60 bits per heavy atom. The van der Waals surface area contributed by atoms with Gasteiger partial charge in [-0.15, -0.1) is 0 Å². The molecule has 2 aliphatic heterocycles. The quantitative estimate of drug-likeness (QED) is 0.404. The molecule has 0 atom stereocenters. The molecule has 0 saturated carbocycles. The van der Waals surface area contributed by atoms with E-state index in [0.717, 1.165) is 0 Å². The summed E-state index contributed by atoms with van der Waals surface area (Å²) in [5.41, 5.74) is 0. The second-order valence-corrected chi connectivity index (χ2v) is 6.11. The summed E-state index contributed by atoms with van der Waals surface area (Å²) in [4.78, 5) is 11.0. The fourth-order valence-corrected chi connectivity index (χ4v) is 4.22. The average Bonchev–Trinajstić information content (AvgIpc) is 2.87. The minimum atomic E-state index is -3.55. The average molecular weight is 236 g/mol. The normalized spacial score (nSPS) is 30.3. The summed E-state index contributed by atoms with van der Waals surface area (Å²) in [5.74, 6) is 0.935. The van der Waals surface area contributed by atoms with Crippen LogP contribution in [0.2, 0.25) is 0 Å². The van der Waals surface area contributed by atoms with E-state index in [4.69, 9.17) is 18.1 Å². The maximum atomic E-state index is 11.0. The number of methoxy groups -OCH3 is 1. The van der Waals surface area contributed by atoms with Gasteiger partial charge in [0.2, 0.25) is 0 Å². The van der Waals surface area contributed by atoms with E-state index in [1.807, 2.05) is 0 Å². The van der Waals surface area contributed by atoms with Crippen molar-refractivity contribution in [2.75, 3.05) is 33.5 Å². The number of carbonyl (C=O) groups is 1. The van der Waals surface area contributed by atoms with Gasteiger partial charge < -0.3 is 0 Å². The molecule has 2 saturated heterocycles. The van der Waals surface area contributed by atoms with Crippen molar-refractivity contribution >= 4 is 13.5 Å². The Morgan fingerprint density at radius 1 is 1.13 bits per heavy atom. The van der Waals surface area contributed by atoms with Crippen molar-refractivity contribution in [2.45, 2.75) is 0 Å². The zero-order chi connectivity index (χ0) is 10.8. The Hall–Kier alpha value is -0.520. The van der Waals surface area contributed by atoms with Gasteiger partial charge in [-0.2, -0.15) is 0 Å². The molecule has 2 aliphatic rings. The van der Waals surface area contributed by atoms with Crippen molar-refractivity contribution < 1.29 is 27.6 Å². The molecule has 2 fully saturated rings. The molecule has 0 aromatic heterocycles. The van der Waals surface area contributed by atoms with E-state index in [-0.39, 0.29) is 0 Å². The zero-order valence-electron chi connectivity index (χ0n) is 8.38. The molecule has 0 N–H and O–H groups in total. The Balaban J connectivity index is 2.20. The SMILES string of the molecule is COC(=O)/C=C\P12(OCCO1)OCCO2. The predicted molar refractivity (Wildman–Crippen MR) is 51.9 cm³/mol. The van der Waals surface area contributed by atoms with Crippen LogP contribution in [0.1, 0.15) is 0 Å². The van der Waals surface area contributed by atoms with E-state index in [0.29, 0.717) is 26.4 Å². The monoisotopic (exact) mass is 236 g/mol. The third-order valence-corrected chi connectivity index (χ3v) is 5.35. The molecular formula is C8H13O6P. The van der Waals surface area contributed by atoms with Crippen molar-refractivity contribution in [3.8, 4) is 0 Å². The summed E-state index contributed by atoms with van der Waals surface area (Å²) in [6.07, 6.45) is 1.22. The van der Waals surface area contributed by atoms with Gasteiger partial charge in [0.15, 0.2) is 0 Å². The first kappa shape index (κ1) is 11.0. The number of rotatable bonds is 2. The van der Waals surface area contributed by atoms with Crippen LogP contribution in [0.15, 0.2) is 11.9 Å². The Morgan fingerprint density at radius 3 is 2.00 bits per heavy atom. The van der Waals surface area contributed by atoms with Crippen molar-refractivity contribution in [3.05, 3.63) is 11.9 Å². The molecule has 1 spiro atoms. The van der Waals surface area contributed by atoms with E-state index >= 15 is 0 Å². The molecule has 0 aromatic carbocycles. The molecule has 86 valence electrons. The predicted octanol–water partition coefficient (Wildman–Crippen LogP) is 0.980.